The Bertz CT molecular complexity index is 979. The quantitative estimate of drug-likeness (QED) is 0.455. The zero-order chi connectivity index (χ0) is 16.2. The van der Waals surface area contributed by atoms with Crippen LogP contribution in [-0.4, -0.2) is 14.7 Å². The maximum absolute atomic E-state index is 14.1. The van der Waals surface area contributed by atoms with Crippen molar-refractivity contribution in [3.05, 3.63) is 50.4 Å². The van der Waals surface area contributed by atoms with E-state index in [0.717, 1.165) is 4.57 Å². The largest absolute Gasteiger partial charge is 0.504 e. The Morgan fingerprint density at radius 2 is 2.05 bits per heavy atom. The molecular formula is C14H10BrF2N3O2. The predicted octanol–water partition coefficient (Wildman–Crippen LogP) is 2.96. The number of imidazole rings is 1. The number of hydrogen-bond acceptors (Lipinski definition) is 3. The highest BCUT2D eigenvalue weighted by Gasteiger charge is 2.22. The number of aromatic nitrogens is 2. The van der Waals surface area contributed by atoms with E-state index in [1.807, 2.05) is 0 Å². The monoisotopic (exact) mass is 369 g/mol. The average Bonchev–Trinajstić information content (AvgIpc) is 2.81. The van der Waals surface area contributed by atoms with Crippen molar-refractivity contribution < 1.29 is 13.9 Å². The molecule has 3 rings (SSSR count). The van der Waals surface area contributed by atoms with Gasteiger partial charge >= 0.3 is 5.69 Å². The molecule has 4 N–H and O–H groups in total. The number of aromatic amines is 1. The van der Waals surface area contributed by atoms with Crippen LogP contribution in [0.25, 0.3) is 16.7 Å². The summed E-state index contributed by atoms with van der Waals surface area (Å²) in [7, 11) is 0. The second kappa shape index (κ2) is 4.84. The van der Waals surface area contributed by atoms with Gasteiger partial charge in [-0.3, -0.25) is 4.57 Å². The van der Waals surface area contributed by atoms with E-state index in [1.54, 1.807) is 6.07 Å². The number of anilines is 1. The normalized spacial score (nSPS) is 11.3. The lowest BCUT2D eigenvalue weighted by Crippen LogP contribution is -2.16. The smallest absolute Gasteiger partial charge is 0.331 e. The van der Waals surface area contributed by atoms with Crippen LogP contribution in [0, 0.1) is 18.6 Å². The summed E-state index contributed by atoms with van der Waals surface area (Å²) in [6.45, 7) is 1.40. The predicted molar refractivity (Wildman–Crippen MR) is 82.3 cm³/mol. The number of H-pyrrole nitrogens is 1. The summed E-state index contributed by atoms with van der Waals surface area (Å²) in [4.78, 5) is 14.5. The minimum Gasteiger partial charge on any atom is -0.504 e. The van der Waals surface area contributed by atoms with Crippen LogP contribution >= 0.6 is 15.9 Å². The van der Waals surface area contributed by atoms with Gasteiger partial charge in [0.25, 0.3) is 0 Å². The molecule has 0 amide bonds. The van der Waals surface area contributed by atoms with E-state index in [2.05, 4.69) is 20.9 Å². The molecule has 114 valence electrons. The molecule has 0 saturated heterocycles. The van der Waals surface area contributed by atoms with E-state index in [1.165, 1.54) is 19.1 Å². The number of hydrogen-bond donors (Lipinski definition) is 3. The molecule has 1 aromatic heterocycles. The van der Waals surface area contributed by atoms with Gasteiger partial charge in [-0.2, -0.15) is 0 Å². The van der Waals surface area contributed by atoms with Crippen molar-refractivity contribution in [1.29, 1.82) is 0 Å². The molecule has 0 unspecified atom stereocenters. The van der Waals surface area contributed by atoms with E-state index in [4.69, 9.17) is 5.73 Å². The number of nitrogens with one attached hydrogen (secondary N) is 1. The lowest BCUT2D eigenvalue weighted by atomic mass is 10.1. The topological polar surface area (TPSA) is 84.0 Å². The fraction of sp³-hybridized carbons (Fsp3) is 0.0714. The standard InChI is InChI=1S/C14H10BrF2N3O2/c1-5-9(17)10(18)13(21)11-12(5)20(14(22)19-11)8-3-2-6(15)4-7(8)16/h2-4,21H,18H2,1H3,(H,19,22). The van der Waals surface area contributed by atoms with Crippen molar-refractivity contribution >= 4 is 32.7 Å². The highest BCUT2D eigenvalue weighted by molar-refractivity contribution is 9.10. The summed E-state index contributed by atoms with van der Waals surface area (Å²) >= 11 is 3.12. The van der Waals surface area contributed by atoms with Crippen molar-refractivity contribution in [1.82, 2.24) is 9.55 Å². The van der Waals surface area contributed by atoms with Crippen molar-refractivity contribution in [2.45, 2.75) is 6.92 Å². The first-order chi connectivity index (χ1) is 10.3. The molecular weight excluding hydrogens is 360 g/mol. The molecule has 0 radical (unpaired) electrons. The number of nitrogens with two attached hydrogens (primary N) is 1. The molecule has 0 fully saturated rings. The first kappa shape index (κ1) is 14.6. The molecule has 0 spiro atoms. The lowest BCUT2D eigenvalue weighted by Gasteiger charge is -2.10. The van der Waals surface area contributed by atoms with Crippen LogP contribution < -0.4 is 11.4 Å². The number of phenols is 1. The van der Waals surface area contributed by atoms with Gasteiger partial charge in [-0.25, -0.2) is 13.6 Å². The van der Waals surface area contributed by atoms with Crippen LogP contribution in [0.3, 0.4) is 0 Å². The number of phenolic OH excluding ortho intramolecular Hbond substituents is 1. The molecule has 3 aromatic rings. The van der Waals surface area contributed by atoms with E-state index < -0.39 is 28.8 Å². The average molecular weight is 370 g/mol. The Kier molecular flexibility index (Phi) is 3.21. The van der Waals surface area contributed by atoms with Crippen LogP contribution in [0.15, 0.2) is 27.5 Å². The number of fused-ring (bicyclic) bond motifs is 1. The second-order valence-electron chi connectivity index (χ2n) is 4.79. The Morgan fingerprint density at radius 1 is 1.36 bits per heavy atom. The maximum atomic E-state index is 14.1. The van der Waals surface area contributed by atoms with E-state index >= 15 is 0 Å². The molecule has 0 bridgehead atoms. The summed E-state index contributed by atoms with van der Waals surface area (Å²) in [5.41, 5.74) is 4.26. The summed E-state index contributed by atoms with van der Waals surface area (Å²) in [6.07, 6.45) is 0. The first-order valence-electron chi connectivity index (χ1n) is 6.19. The fourth-order valence-electron chi connectivity index (χ4n) is 2.40. The highest BCUT2D eigenvalue weighted by Crippen LogP contribution is 2.35. The lowest BCUT2D eigenvalue weighted by molar-refractivity contribution is 0.478. The number of halogens is 3. The van der Waals surface area contributed by atoms with Gasteiger partial charge < -0.3 is 15.8 Å². The zero-order valence-electron chi connectivity index (χ0n) is 11.2. The first-order valence-corrected chi connectivity index (χ1v) is 6.99. The van der Waals surface area contributed by atoms with Gasteiger partial charge in [0.2, 0.25) is 0 Å². The van der Waals surface area contributed by atoms with Crippen molar-refractivity contribution in [3.8, 4) is 11.4 Å². The highest BCUT2D eigenvalue weighted by atomic mass is 79.9. The third-order valence-corrected chi connectivity index (χ3v) is 3.95. The summed E-state index contributed by atoms with van der Waals surface area (Å²) in [5, 5.41) is 9.91. The molecule has 0 atom stereocenters. The van der Waals surface area contributed by atoms with Gasteiger partial charge in [0.1, 0.15) is 17.0 Å². The molecule has 0 aliphatic rings. The third kappa shape index (κ3) is 1.91. The van der Waals surface area contributed by atoms with E-state index in [9.17, 15) is 18.7 Å². The number of nitrogen functional groups attached to an aromatic ring is 1. The zero-order valence-corrected chi connectivity index (χ0v) is 12.8. The van der Waals surface area contributed by atoms with E-state index in [-0.39, 0.29) is 22.3 Å². The molecule has 0 saturated carbocycles. The summed E-state index contributed by atoms with van der Waals surface area (Å²) in [6, 6.07) is 4.11. The SMILES string of the molecule is Cc1c(F)c(N)c(O)c2[nH]c(=O)n(-c3ccc(Br)cc3F)c12. The fourth-order valence-corrected chi connectivity index (χ4v) is 2.73. The Hall–Kier alpha value is -2.35. The Labute approximate surface area is 131 Å². The Morgan fingerprint density at radius 3 is 2.68 bits per heavy atom. The van der Waals surface area contributed by atoms with Crippen LogP contribution in [0.5, 0.6) is 5.75 Å². The van der Waals surface area contributed by atoms with Crippen LogP contribution in [0.2, 0.25) is 0 Å². The minimum atomic E-state index is -0.852. The summed E-state index contributed by atoms with van der Waals surface area (Å²) < 4.78 is 29.7. The molecule has 0 aliphatic carbocycles. The van der Waals surface area contributed by atoms with Crippen LogP contribution in [0.1, 0.15) is 5.56 Å². The van der Waals surface area contributed by atoms with Gasteiger partial charge in [0, 0.05) is 10.0 Å². The third-order valence-electron chi connectivity index (χ3n) is 3.46. The van der Waals surface area contributed by atoms with E-state index in [0.29, 0.717) is 4.47 Å². The number of aromatic hydroxyl groups is 1. The van der Waals surface area contributed by atoms with Gasteiger partial charge in [-0.05, 0) is 25.1 Å². The van der Waals surface area contributed by atoms with Gasteiger partial charge in [0.15, 0.2) is 11.6 Å². The van der Waals surface area contributed by atoms with Crippen molar-refractivity contribution in [2.24, 2.45) is 0 Å². The Balaban J connectivity index is 2.50. The molecule has 5 nitrogen and oxygen atoms in total. The second-order valence-corrected chi connectivity index (χ2v) is 5.70. The van der Waals surface area contributed by atoms with Crippen LogP contribution in [-0.2, 0) is 0 Å². The number of benzene rings is 2. The van der Waals surface area contributed by atoms with Crippen LogP contribution in [0.4, 0.5) is 14.5 Å². The van der Waals surface area contributed by atoms with Crippen molar-refractivity contribution in [2.75, 3.05) is 5.73 Å². The molecule has 22 heavy (non-hydrogen) atoms. The molecule has 0 aliphatic heterocycles. The number of aryl methyl sites for hydroxylation is 1. The molecule has 1 heterocycles. The van der Waals surface area contributed by atoms with Gasteiger partial charge in [-0.1, -0.05) is 15.9 Å². The minimum absolute atomic E-state index is 0.0333. The van der Waals surface area contributed by atoms with Gasteiger partial charge in [0.05, 0.1) is 11.2 Å². The number of rotatable bonds is 1. The van der Waals surface area contributed by atoms with Crippen molar-refractivity contribution in [3.63, 3.8) is 0 Å². The number of nitrogens with zero attached hydrogens (tertiary/aromatic N) is 1. The molecule has 8 heteroatoms. The van der Waals surface area contributed by atoms with Gasteiger partial charge in [-0.15, -0.1) is 0 Å². The maximum Gasteiger partial charge on any atom is 0.331 e. The molecule has 2 aromatic carbocycles. The summed E-state index contributed by atoms with van der Waals surface area (Å²) in [5.74, 6) is -2.10.